The molecule has 1 N–H and O–H groups in total. The van der Waals surface area contributed by atoms with Gasteiger partial charge in [-0.05, 0) is 19.3 Å². The molecule has 1 aliphatic heterocycles. The molecule has 0 aliphatic carbocycles. The highest BCUT2D eigenvalue weighted by Crippen LogP contribution is 2.14. The number of aryl methyl sites for hydroxylation is 1. The van der Waals surface area contributed by atoms with E-state index in [1.54, 1.807) is 11.3 Å². The van der Waals surface area contributed by atoms with Crippen LogP contribution in [0.2, 0.25) is 0 Å². The van der Waals surface area contributed by atoms with Crippen molar-refractivity contribution < 1.29 is 4.74 Å². The van der Waals surface area contributed by atoms with Gasteiger partial charge in [0.05, 0.1) is 12.6 Å². The van der Waals surface area contributed by atoms with E-state index < -0.39 is 0 Å². The molecule has 2 rings (SSSR count). The van der Waals surface area contributed by atoms with Crippen LogP contribution in [-0.2, 0) is 17.7 Å². The van der Waals surface area contributed by atoms with E-state index in [-0.39, 0.29) is 0 Å². The summed E-state index contributed by atoms with van der Waals surface area (Å²) in [4.78, 5) is 1.98. The lowest BCUT2D eigenvalue weighted by atomic mass is 10.2. The molecule has 1 aromatic heterocycles. The molecule has 1 fully saturated rings. The van der Waals surface area contributed by atoms with E-state index in [4.69, 9.17) is 10.1 Å². The number of ether oxygens (including phenoxy) is 1. The molecule has 0 spiro atoms. The summed E-state index contributed by atoms with van der Waals surface area (Å²) in [6, 6.07) is 0. The maximum Gasteiger partial charge on any atom is 0.182 e. The number of nitrogens with one attached hydrogen (secondary N) is 1. The Morgan fingerprint density at radius 3 is 3.20 bits per heavy atom. The number of rotatable bonds is 4. The lowest BCUT2D eigenvalue weighted by Crippen LogP contribution is -2.21. The molecule has 4 heteroatoms. The second-order valence-electron chi connectivity index (χ2n) is 4.04. The summed E-state index contributed by atoms with van der Waals surface area (Å²) in [5, 5.41) is 7.86. The van der Waals surface area contributed by atoms with Crippen molar-refractivity contribution in [3.8, 4) is 0 Å². The van der Waals surface area contributed by atoms with Gasteiger partial charge in [0.25, 0.3) is 0 Å². The summed E-state index contributed by atoms with van der Waals surface area (Å²) in [5.74, 6) is 0. The maximum absolute atomic E-state index is 7.86. The Balaban J connectivity index is 2.03. The summed E-state index contributed by atoms with van der Waals surface area (Å²) >= 11 is 1.60. The molecule has 1 saturated heterocycles. The zero-order valence-electron chi connectivity index (χ0n) is 9.16. The van der Waals surface area contributed by atoms with Gasteiger partial charge < -0.3 is 9.30 Å². The van der Waals surface area contributed by atoms with Crippen molar-refractivity contribution in [3.63, 3.8) is 0 Å². The first kappa shape index (κ1) is 10.9. The van der Waals surface area contributed by atoms with Gasteiger partial charge in [-0.3, -0.25) is 5.41 Å². The van der Waals surface area contributed by atoms with Crippen molar-refractivity contribution in [2.24, 2.45) is 0 Å². The predicted octanol–water partition coefficient (Wildman–Crippen LogP) is 2.16. The van der Waals surface area contributed by atoms with E-state index in [1.807, 2.05) is 4.57 Å². The molecule has 1 aromatic rings. The Labute approximate surface area is 94.2 Å². The molecule has 0 bridgehead atoms. The van der Waals surface area contributed by atoms with Crippen molar-refractivity contribution in [2.45, 2.75) is 45.3 Å². The Kier molecular flexibility index (Phi) is 3.59. The molecule has 0 radical (unpaired) electrons. The topological polar surface area (TPSA) is 38.0 Å². The molecule has 1 atom stereocenters. The summed E-state index contributed by atoms with van der Waals surface area (Å²) in [5.41, 5.74) is 0. The van der Waals surface area contributed by atoms with Crippen LogP contribution in [0, 0.1) is 5.41 Å². The highest BCUT2D eigenvalue weighted by atomic mass is 32.1. The third-order valence-electron chi connectivity index (χ3n) is 2.71. The average Bonchev–Trinajstić information content (AvgIpc) is 2.79. The summed E-state index contributed by atoms with van der Waals surface area (Å²) in [7, 11) is 0. The van der Waals surface area contributed by atoms with Crippen molar-refractivity contribution >= 4 is 11.3 Å². The lowest BCUT2D eigenvalue weighted by molar-refractivity contribution is 0.0962. The van der Waals surface area contributed by atoms with Crippen LogP contribution in [0.15, 0.2) is 6.20 Å². The molecule has 1 unspecified atom stereocenters. The lowest BCUT2D eigenvalue weighted by Gasteiger charge is -2.09. The number of nitrogens with zero attached hydrogens (tertiary/aromatic N) is 1. The SMILES string of the molecule is CCCc1cn(CC2CCCO2)c(=N)s1. The molecule has 0 aromatic carbocycles. The molecule has 3 nitrogen and oxygen atoms in total. The Bertz CT molecular complexity index is 363. The largest absolute Gasteiger partial charge is 0.376 e. The second kappa shape index (κ2) is 4.94. The van der Waals surface area contributed by atoms with Crippen LogP contribution in [0.3, 0.4) is 0 Å². The number of hydrogen-bond donors (Lipinski definition) is 1. The Morgan fingerprint density at radius 1 is 1.67 bits per heavy atom. The first-order chi connectivity index (χ1) is 7.29. The van der Waals surface area contributed by atoms with Gasteiger partial charge in [0.1, 0.15) is 0 Å². The first-order valence-electron chi connectivity index (χ1n) is 5.65. The predicted molar refractivity (Wildman–Crippen MR) is 61.1 cm³/mol. The van der Waals surface area contributed by atoms with Gasteiger partial charge in [-0.25, -0.2) is 0 Å². The fraction of sp³-hybridized carbons (Fsp3) is 0.727. The third kappa shape index (κ3) is 2.69. The van der Waals surface area contributed by atoms with Crippen LogP contribution in [0.1, 0.15) is 31.1 Å². The highest BCUT2D eigenvalue weighted by Gasteiger charge is 2.16. The van der Waals surface area contributed by atoms with E-state index in [2.05, 4.69) is 13.1 Å². The van der Waals surface area contributed by atoms with Crippen molar-refractivity contribution in [1.82, 2.24) is 4.57 Å². The van der Waals surface area contributed by atoms with E-state index in [0.29, 0.717) is 10.9 Å². The molecule has 0 amide bonds. The molecule has 1 aliphatic rings. The van der Waals surface area contributed by atoms with E-state index in [1.165, 1.54) is 11.3 Å². The maximum atomic E-state index is 7.86. The average molecular weight is 226 g/mol. The standard InChI is InChI=1S/C11H18N2OS/c1-2-4-10-8-13(11(12)15-10)7-9-5-3-6-14-9/h8-9,12H,2-7H2,1H3. The summed E-state index contributed by atoms with van der Waals surface area (Å²) in [6.07, 6.45) is 7.02. The Hall–Kier alpha value is -0.610. The van der Waals surface area contributed by atoms with Crippen LogP contribution in [0.4, 0.5) is 0 Å². The van der Waals surface area contributed by atoms with Gasteiger partial charge in [-0.15, -0.1) is 11.3 Å². The van der Waals surface area contributed by atoms with Crippen LogP contribution < -0.4 is 4.80 Å². The van der Waals surface area contributed by atoms with Crippen LogP contribution >= 0.6 is 11.3 Å². The minimum absolute atomic E-state index is 0.336. The van der Waals surface area contributed by atoms with Crippen LogP contribution in [0.25, 0.3) is 0 Å². The van der Waals surface area contributed by atoms with Crippen molar-refractivity contribution in [1.29, 1.82) is 5.41 Å². The molecular weight excluding hydrogens is 208 g/mol. The van der Waals surface area contributed by atoms with Gasteiger partial charge in [-0.2, -0.15) is 0 Å². The molecular formula is C11H18N2OS. The minimum atomic E-state index is 0.336. The summed E-state index contributed by atoms with van der Waals surface area (Å²) in [6.45, 7) is 3.93. The highest BCUT2D eigenvalue weighted by molar-refractivity contribution is 7.09. The molecule has 2 heterocycles. The fourth-order valence-electron chi connectivity index (χ4n) is 1.95. The second-order valence-corrected chi connectivity index (χ2v) is 5.16. The molecule has 15 heavy (non-hydrogen) atoms. The van der Waals surface area contributed by atoms with Gasteiger partial charge >= 0.3 is 0 Å². The molecule has 84 valence electrons. The van der Waals surface area contributed by atoms with Crippen LogP contribution in [0.5, 0.6) is 0 Å². The van der Waals surface area contributed by atoms with Crippen molar-refractivity contribution in [3.05, 3.63) is 15.9 Å². The van der Waals surface area contributed by atoms with Gasteiger partial charge in [0, 0.05) is 17.7 Å². The summed E-state index contributed by atoms with van der Waals surface area (Å²) < 4.78 is 7.61. The van der Waals surface area contributed by atoms with Gasteiger partial charge in [0.2, 0.25) is 0 Å². The van der Waals surface area contributed by atoms with Crippen LogP contribution in [-0.4, -0.2) is 17.3 Å². The van der Waals surface area contributed by atoms with E-state index in [9.17, 15) is 0 Å². The van der Waals surface area contributed by atoms with Gasteiger partial charge in [0.15, 0.2) is 4.80 Å². The zero-order valence-corrected chi connectivity index (χ0v) is 9.98. The number of thiazole rings is 1. The fourth-order valence-corrected chi connectivity index (χ4v) is 2.93. The zero-order chi connectivity index (χ0) is 10.7. The third-order valence-corrected chi connectivity index (χ3v) is 3.71. The Morgan fingerprint density at radius 2 is 2.53 bits per heavy atom. The normalized spacial score (nSPS) is 21.0. The quantitative estimate of drug-likeness (QED) is 0.839. The molecule has 0 saturated carbocycles. The first-order valence-corrected chi connectivity index (χ1v) is 6.46. The van der Waals surface area contributed by atoms with Crippen molar-refractivity contribution in [2.75, 3.05) is 6.61 Å². The number of hydrogen-bond acceptors (Lipinski definition) is 3. The van der Waals surface area contributed by atoms with E-state index in [0.717, 1.165) is 32.4 Å². The monoisotopic (exact) mass is 226 g/mol. The number of aromatic nitrogens is 1. The smallest absolute Gasteiger partial charge is 0.182 e. The van der Waals surface area contributed by atoms with Gasteiger partial charge in [-0.1, -0.05) is 13.3 Å². The van der Waals surface area contributed by atoms with E-state index >= 15 is 0 Å². The minimum Gasteiger partial charge on any atom is -0.376 e.